The summed E-state index contributed by atoms with van der Waals surface area (Å²) in [6, 6.07) is 16.0. The van der Waals surface area contributed by atoms with Gasteiger partial charge in [-0.05, 0) is 30.7 Å². The zero-order valence-corrected chi connectivity index (χ0v) is 11.8. The first kappa shape index (κ1) is 13.2. The van der Waals surface area contributed by atoms with Crippen molar-refractivity contribution in [3.8, 4) is 0 Å². The van der Waals surface area contributed by atoms with Crippen LogP contribution < -0.4 is 5.73 Å². The molecule has 0 atom stereocenters. The summed E-state index contributed by atoms with van der Waals surface area (Å²) in [5.74, 6) is 0.531. The molecule has 0 aliphatic rings. The fourth-order valence-electron chi connectivity index (χ4n) is 2.20. The largest absolute Gasteiger partial charge is 0.387 e. The highest BCUT2D eigenvalue weighted by molar-refractivity contribution is 5.83. The number of aliphatic imine (C=N–C) groups is 1. The van der Waals surface area contributed by atoms with Gasteiger partial charge in [0.15, 0.2) is 0 Å². The average molecular weight is 276 g/mol. The Morgan fingerprint density at radius 3 is 2.67 bits per heavy atom. The van der Waals surface area contributed by atoms with Crippen LogP contribution in [0.3, 0.4) is 0 Å². The van der Waals surface area contributed by atoms with Crippen molar-refractivity contribution in [3.05, 3.63) is 66.0 Å². The molecule has 0 spiro atoms. The zero-order chi connectivity index (χ0) is 14.7. The summed E-state index contributed by atoms with van der Waals surface area (Å²) in [6.45, 7) is 1.76. The molecule has 0 unspecified atom stereocenters. The Morgan fingerprint density at radius 1 is 1.10 bits per heavy atom. The lowest BCUT2D eigenvalue weighted by molar-refractivity contribution is 1.07. The number of hydrogen-bond acceptors (Lipinski definition) is 3. The van der Waals surface area contributed by atoms with Gasteiger partial charge in [-0.2, -0.15) is 0 Å². The Balaban J connectivity index is 1.92. The van der Waals surface area contributed by atoms with Crippen molar-refractivity contribution >= 4 is 22.6 Å². The van der Waals surface area contributed by atoms with Crippen LogP contribution >= 0.6 is 0 Å². The van der Waals surface area contributed by atoms with Gasteiger partial charge in [-0.25, -0.2) is 9.98 Å². The fourth-order valence-corrected chi connectivity index (χ4v) is 2.20. The van der Waals surface area contributed by atoms with E-state index in [1.807, 2.05) is 42.6 Å². The Morgan fingerprint density at radius 2 is 1.90 bits per heavy atom. The molecule has 2 aromatic carbocycles. The number of fused-ring (bicyclic) bond motifs is 1. The first-order valence-corrected chi connectivity index (χ1v) is 6.81. The third-order valence-electron chi connectivity index (χ3n) is 3.11. The molecule has 0 saturated carbocycles. The van der Waals surface area contributed by atoms with Gasteiger partial charge in [0.05, 0.1) is 28.3 Å². The molecule has 4 nitrogen and oxygen atoms in total. The minimum absolute atomic E-state index is 0.531. The van der Waals surface area contributed by atoms with Crippen molar-refractivity contribution in [1.82, 2.24) is 9.97 Å². The monoisotopic (exact) mass is 276 g/mol. The summed E-state index contributed by atoms with van der Waals surface area (Å²) in [6.07, 6.45) is 2.60. The summed E-state index contributed by atoms with van der Waals surface area (Å²) >= 11 is 0. The molecule has 1 heterocycles. The van der Waals surface area contributed by atoms with E-state index >= 15 is 0 Å². The summed E-state index contributed by atoms with van der Waals surface area (Å²) in [4.78, 5) is 13.3. The smallest absolute Gasteiger partial charge is 0.0964 e. The van der Waals surface area contributed by atoms with Crippen LogP contribution in [0.2, 0.25) is 0 Å². The minimum Gasteiger partial charge on any atom is -0.387 e. The standard InChI is InChI=1S/C17H16N4/c1-12(18)20-14-7-8-16-17(10-14)19-11-15(21-16)9-13-5-3-2-4-6-13/h2-8,10-11H,9H2,1H3,(H2,18,20). The van der Waals surface area contributed by atoms with Gasteiger partial charge in [0.2, 0.25) is 0 Å². The van der Waals surface area contributed by atoms with Crippen molar-refractivity contribution in [2.45, 2.75) is 13.3 Å². The first-order valence-electron chi connectivity index (χ1n) is 6.81. The zero-order valence-electron chi connectivity index (χ0n) is 11.8. The van der Waals surface area contributed by atoms with E-state index in [1.165, 1.54) is 5.56 Å². The molecule has 0 aliphatic carbocycles. The number of benzene rings is 2. The molecular weight excluding hydrogens is 260 g/mol. The van der Waals surface area contributed by atoms with Gasteiger partial charge < -0.3 is 5.73 Å². The van der Waals surface area contributed by atoms with Gasteiger partial charge in [-0.1, -0.05) is 30.3 Å². The van der Waals surface area contributed by atoms with Crippen molar-refractivity contribution in [2.75, 3.05) is 0 Å². The van der Waals surface area contributed by atoms with Crippen LogP contribution in [-0.2, 0) is 6.42 Å². The van der Waals surface area contributed by atoms with Crippen molar-refractivity contribution in [3.63, 3.8) is 0 Å². The molecule has 0 aliphatic heterocycles. The quantitative estimate of drug-likeness (QED) is 0.590. The van der Waals surface area contributed by atoms with Crippen LogP contribution in [0.25, 0.3) is 11.0 Å². The van der Waals surface area contributed by atoms with E-state index in [9.17, 15) is 0 Å². The van der Waals surface area contributed by atoms with Crippen molar-refractivity contribution in [2.24, 2.45) is 10.7 Å². The minimum atomic E-state index is 0.531. The van der Waals surface area contributed by atoms with E-state index in [2.05, 4.69) is 27.1 Å². The lowest BCUT2D eigenvalue weighted by Gasteiger charge is -2.04. The molecule has 0 saturated heterocycles. The highest BCUT2D eigenvalue weighted by Crippen LogP contribution is 2.19. The molecule has 0 radical (unpaired) electrons. The molecule has 2 N–H and O–H groups in total. The highest BCUT2D eigenvalue weighted by atomic mass is 14.9. The topological polar surface area (TPSA) is 64.2 Å². The molecule has 0 fully saturated rings. The lowest BCUT2D eigenvalue weighted by atomic mass is 10.1. The molecule has 3 aromatic rings. The number of hydrogen-bond donors (Lipinski definition) is 1. The maximum atomic E-state index is 5.59. The van der Waals surface area contributed by atoms with Crippen LogP contribution in [0.4, 0.5) is 5.69 Å². The molecule has 104 valence electrons. The van der Waals surface area contributed by atoms with Crippen LogP contribution in [-0.4, -0.2) is 15.8 Å². The molecule has 0 amide bonds. The molecule has 0 bridgehead atoms. The molecule has 21 heavy (non-hydrogen) atoms. The second-order valence-electron chi connectivity index (χ2n) is 4.95. The van der Waals surface area contributed by atoms with E-state index in [4.69, 9.17) is 5.73 Å². The van der Waals surface area contributed by atoms with Gasteiger partial charge in [0, 0.05) is 12.6 Å². The number of amidine groups is 1. The maximum Gasteiger partial charge on any atom is 0.0964 e. The predicted octanol–water partition coefficient (Wildman–Crippen LogP) is 3.23. The number of aromatic nitrogens is 2. The lowest BCUT2D eigenvalue weighted by Crippen LogP contribution is -2.03. The van der Waals surface area contributed by atoms with Crippen molar-refractivity contribution < 1.29 is 0 Å². The number of nitrogens with zero attached hydrogens (tertiary/aromatic N) is 3. The van der Waals surface area contributed by atoms with Gasteiger partial charge >= 0.3 is 0 Å². The highest BCUT2D eigenvalue weighted by Gasteiger charge is 2.02. The summed E-state index contributed by atoms with van der Waals surface area (Å²) < 4.78 is 0. The molecule has 1 aromatic heterocycles. The van der Waals surface area contributed by atoms with E-state index in [0.29, 0.717) is 5.84 Å². The predicted molar refractivity (Wildman–Crippen MR) is 85.7 cm³/mol. The van der Waals surface area contributed by atoms with Gasteiger partial charge in [-0.15, -0.1) is 0 Å². The maximum absolute atomic E-state index is 5.59. The van der Waals surface area contributed by atoms with Gasteiger partial charge in [-0.3, -0.25) is 4.98 Å². The second-order valence-corrected chi connectivity index (χ2v) is 4.95. The molecule has 3 rings (SSSR count). The van der Waals surface area contributed by atoms with Crippen LogP contribution in [0.5, 0.6) is 0 Å². The summed E-state index contributed by atoms with van der Waals surface area (Å²) in [5.41, 5.74) is 10.3. The second kappa shape index (κ2) is 5.71. The van der Waals surface area contributed by atoms with E-state index in [0.717, 1.165) is 28.8 Å². The first-order chi connectivity index (χ1) is 10.2. The molecular formula is C17H16N4. The summed E-state index contributed by atoms with van der Waals surface area (Å²) in [5, 5.41) is 0. The number of nitrogens with two attached hydrogens (primary N) is 1. The summed E-state index contributed by atoms with van der Waals surface area (Å²) in [7, 11) is 0. The normalized spacial score (nSPS) is 11.8. The third kappa shape index (κ3) is 3.23. The third-order valence-corrected chi connectivity index (χ3v) is 3.11. The van der Waals surface area contributed by atoms with Crippen molar-refractivity contribution in [1.29, 1.82) is 0 Å². The Hall–Kier alpha value is -2.75. The van der Waals surface area contributed by atoms with E-state index in [-0.39, 0.29) is 0 Å². The SMILES string of the molecule is CC(N)=Nc1ccc2nc(Cc3ccccc3)cnc2c1. The van der Waals surface area contributed by atoms with Gasteiger partial charge in [0.25, 0.3) is 0 Å². The molecule has 4 heteroatoms. The Bertz CT molecular complexity index is 790. The van der Waals surface area contributed by atoms with E-state index in [1.54, 1.807) is 6.92 Å². The fraction of sp³-hybridized carbons (Fsp3) is 0.118. The van der Waals surface area contributed by atoms with Gasteiger partial charge in [0.1, 0.15) is 0 Å². The van der Waals surface area contributed by atoms with Crippen LogP contribution in [0, 0.1) is 0 Å². The average Bonchev–Trinajstić information content (AvgIpc) is 2.48. The Labute approximate surface area is 123 Å². The number of rotatable bonds is 3. The van der Waals surface area contributed by atoms with Crippen LogP contribution in [0.15, 0.2) is 59.7 Å². The van der Waals surface area contributed by atoms with Crippen LogP contribution in [0.1, 0.15) is 18.2 Å². The Kier molecular flexibility index (Phi) is 3.60. The van der Waals surface area contributed by atoms with E-state index < -0.39 is 0 Å².